The summed E-state index contributed by atoms with van der Waals surface area (Å²) < 4.78 is 0. The second-order valence-electron chi connectivity index (χ2n) is 4.68. The molecular weight excluding hydrogens is 218 g/mol. The van der Waals surface area contributed by atoms with Gasteiger partial charge in [-0.05, 0) is 12.3 Å². The Morgan fingerprint density at radius 3 is 3.06 bits per heavy atom. The molecule has 0 aliphatic carbocycles. The minimum absolute atomic E-state index is 0.106. The number of aromatic nitrogens is 2. The van der Waals surface area contributed by atoms with Crippen LogP contribution < -0.4 is 10.5 Å². The van der Waals surface area contributed by atoms with Crippen LogP contribution in [0.5, 0.6) is 0 Å². The predicted molar refractivity (Wildman–Crippen MR) is 66.2 cm³/mol. The second kappa shape index (κ2) is 4.87. The third-order valence-corrected chi connectivity index (χ3v) is 3.30. The zero-order chi connectivity index (χ0) is 12.4. The van der Waals surface area contributed by atoms with Gasteiger partial charge in [0, 0.05) is 25.6 Å². The largest absolute Gasteiger partial charge is 0.393 e. The Kier molecular flexibility index (Phi) is 3.47. The Morgan fingerprint density at radius 1 is 1.65 bits per heavy atom. The molecule has 1 fully saturated rings. The molecule has 94 valence electrons. The van der Waals surface area contributed by atoms with E-state index in [0.29, 0.717) is 5.82 Å². The topological polar surface area (TPSA) is 69.2 Å². The first-order valence-corrected chi connectivity index (χ1v) is 6.13. The van der Waals surface area contributed by atoms with Crippen molar-refractivity contribution < 1.29 is 5.11 Å². The van der Waals surface area contributed by atoms with Gasteiger partial charge in [-0.25, -0.2) is 4.98 Å². The molecule has 17 heavy (non-hydrogen) atoms. The Hall–Kier alpha value is -1.36. The van der Waals surface area contributed by atoms with Crippen LogP contribution in [0.1, 0.15) is 26.1 Å². The van der Waals surface area contributed by atoms with Crippen molar-refractivity contribution in [2.45, 2.75) is 32.8 Å². The first-order chi connectivity index (χ1) is 8.10. The minimum Gasteiger partial charge on any atom is -0.393 e. The summed E-state index contributed by atoms with van der Waals surface area (Å²) in [7, 11) is 0. The van der Waals surface area contributed by atoms with Crippen LogP contribution in [-0.2, 0) is 6.42 Å². The molecule has 2 unspecified atom stereocenters. The zero-order valence-corrected chi connectivity index (χ0v) is 10.3. The van der Waals surface area contributed by atoms with Crippen molar-refractivity contribution in [1.82, 2.24) is 9.97 Å². The highest BCUT2D eigenvalue weighted by Crippen LogP contribution is 2.20. The molecule has 0 radical (unpaired) electrons. The molecule has 1 aromatic rings. The number of piperidine rings is 1. The smallest absolute Gasteiger partial charge is 0.252 e. The second-order valence-corrected chi connectivity index (χ2v) is 4.68. The summed E-state index contributed by atoms with van der Waals surface area (Å²) >= 11 is 0. The van der Waals surface area contributed by atoms with Gasteiger partial charge >= 0.3 is 0 Å². The molecule has 2 atom stereocenters. The number of anilines is 1. The summed E-state index contributed by atoms with van der Waals surface area (Å²) in [6, 6.07) is 1.53. The van der Waals surface area contributed by atoms with Crippen molar-refractivity contribution in [3.63, 3.8) is 0 Å². The van der Waals surface area contributed by atoms with Crippen molar-refractivity contribution >= 4 is 5.82 Å². The normalized spacial score (nSPS) is 25.0. The van der Waals surface area contributed by atoms with E-state index in [4.69, 9.17) is 0 Å². The van der Waals surface area contributed by atoms with Gasteiger partial charge in [0.25, 0.3) is 5.56 Å². The number of aliphatic hydroxyl groups is 1. The Labute approximate surface area is 100 Å². The van der Waals surface area contributed by atoms with Crippen LogP contribution in [0.25, 0.3) is 0 Å². The fourth-order valence-corrected chi connectivity index (χ4v) is 2.16. The van der Waals surface area contributed by atoms with Gasteiger partial charge in [0.1, 0.15) is 11.6 Å². The fourth-order valence-electron chi connectivity index (χ4n) is 2.16. The first-order valence-electron chi connectivity index (χ1n) is 6.13. The molecule has 1 aliphatic heterocycles. The summed E-state index contributed by atoms with van der Waals surface area (Å²) in [5.41, 5.74) is -0.106. The van der Waals surface area contributed by atoms with Gasteiger partial charge < -0.3 is 15.0 Å². The third kappa shape index (κ3) is 2.66. The van der Waals surface area contributed by atoms with Gasteiger partial charge in [-0.1, -0.05) is 13.8 Å². The van der Waals surface area contributed by atoms with E-state index in [1.165, 1.54) is 6.07 Å². The van der Waals surface area contributed by atoms with Crippen molar-refractivity contribution in [1.29, 1.82) is 0 Å². The number of hydrogen-bond donors (Lipinski definition) is 2. The van der Waals surface area contributed by atoms with Gasteiger partial charge in [-0.2, -0.15) is 0 Å². The Balaban J connectivity index is 2.22. The van der Waals surface area contributed by atoms with Crippen LogP contribution in [0, 0.1) is 5.92 Å². The lowest BCUT2D eigenvalue weighted by Crippen LogP contribution is -2.42. The summed E-state index contributed by atoms with van der Waals surface area (Å²) in [5, 5.41) is 9.68. The van der Waals surface area contributed by atoms with Crippen LogP contribution in [-0.4, -0.2) is 34.3 Å². The molecule has 5 nitrogen and oxygen atoms in total. The van der Waals surface area contributed by atoms with Crippen LogP contribution in [0.3, 0.4) is 0 Å². The molecule has 2 rings (SSSR count). The van der Waals surface area contributed by atoms with Crippen LogP contribution >= 0.6 is 0 Å². The van der Waals surface area contributed by atoms with E-state index in [1.807, 2.05) is 13.8 Å². The standard InChI is InChI=1S/C12H19N3O2/c1-3-10-13-11(6-12(17)14-10)15-5-4-9(16)8(2)7-15/h6,8-9,16H,3-5,7H2,1-2H3,(H,13,14,17). The maximum Gasteiger partial charge on any atom is 0.252 e. The average molecular weight is 237 g/mol. The molecule has 0 spiro atoms. The molecule has 2 N–H and O–H groups in total. The highest BCUT2D eigenvalue weighted by Gasteiger charge is 2.25. The molecule has 0 saturated carbocycles. The van der Waals surface area contributed by atoms with Gasteiger partial charge in [-0.3, -0.25) is 4.79 Å². The first kappa shape index (κ1) is 12.1. The molecule has 1 aliphatic rings. The summed E-state index contributed by atoms with van der Waals surface area (Å²) in [5.74, 6) is 1.66. The number of rotatable bonds is 2. The maximum atomic E-state index is 11.5. The van der Waals surface area contributed by atoms with Crippen molar-refractivity contribution in [3.05, 3.63) is 22.2 Å². The number of hydrogen-bond acceptors (Lipinski definition) is 4. The van der Waals surface area contributed by atoms with Crippen LogP contribution in [0.15, 0.2) is 10.9 Å². The van der Waals surface area contributed by atoms with Gasteiger partial charge in [0.2, 0.25) is 0 Å². The van der Waals surface area contributed by atoms with E-state index < -0.39 is 0 Å². The van der Waals surface area contributed by atoms with Gasteiger partial charge in [0.05, 0.1) is 6.10 Å². The van der Waals surface area contributed by atoms with E-state index in [2.05, 4.69) is 14.9 Å². The zero-order valence-electron chi connectivity index (χ0n) is 10.3. The van der Waals surface area contributed by atoms with E-state index in [0.717, 1.165) is 31.7 Å². The SMILES string of the molecule is CCc1nc(N2CCC(O)C(C)C2)cc(=O)[nH]1. The molecule has 1 saturated heterocycles. The molecular formula is C12H19N3O2. The summed E-state index contributed by atoms with van der Waals surface area (Å²) in [6.07, 6.45) is 1.21. The highest BCUT2D eigenvalue weighted by molar-refractivity contribution is 5.38. The maximum absolute atomic E-state index is 11.5. The van der Waals surface area contributed by atoms with Gasteiger partial charge in [-0.15, -0.1) is 0 Å². The highest BCUT2D eigenvalue weighted by atomic mass is 16.3. The predicted octanol–water partition coefficient (Wildman–Crippen LogP) is 0.539. The van der Waals surface area contributed by atoms with Crippen LogP contribution in [0.4, 0.5) is 5.82 Å². The molecule has 0 bridgehead atoms. The number of nitrogens with zero attached hydrogens (tertiary/aromatic N) is 2. The number of aliphatic hydroxyl groups excluding tert-OH is 1. The number of aromatic amines is 1. The van der Waals surface area contributed by atoms with E-state index in [1.54, 1.807) is 0 Å². The molecule has 2 heterocycles. The lowest BCUT2D eigenvalue weighted by Gasteiger charge is -2.35. The van der Waals surface area contributed by atoms with Crippen molar-refractivity contribution in [2.24, 2.45) is 5.92 Å². The lowest BCUT2D eigenvalue weighted by atomic mass is 9.97. The fraction of sp³-hybridized carbons (Fsp3) is 0.667. The van der Waals surface area contributed by atoms with Crippen molar-refractivity contribution in [2.75, 3.05) is 18.0 Å². The quantitative estimate of drug-likeness (QED) is 0.787. The minimum atomic E-state index is -0.237. The molecule has 1 aromatic heterocycles. The summed E-state index contributed by atoms with van der Waals surface area (Å²) in [4.78, 5) is 20.7. The van der Waals surface area contributed by atoms with E-state index in [-0.39, 0.29) is 17.6 Å². The number of aryl methyl sites for hydroxylation is 1. The summed E-state index contributed by atoms with van der Waals surface area (Å²) in [6.45, 7) is 5.49. The van der Waals surface area contributed by atoms with Crippen LogP contribution in [0.2, 0.25) is 0 Å². The molecule has 0 aromatic carbocycles. The number of H-pyrrole nitrogens is 1. The lowest BCUT2D eigenvalue weighted by molar-refractivity contribution is 0.0968. The Bertz CT molecular complexity index is 444. The third-order valence-electron chi connectivity index (χ3n) is 3.30. The molecule has 5 heteroatoms. The van der Waals surface area contributed by atoms with E-state index >= 15 is 0 Å². The van der Waals surface area contributed by atoms with Gasteiger partial charge in [0.15, 0.2) is 0 Å². The average Bonchev–Trinajstić information content (AvgIpc) is 2.32. The molecule has 0 amide bonds. The van der Waals surface area contributed by atoms with Crippen molar-refractivity contribution in [3.8, 4) is 0 Å². The number of nitrogens with one attached hydrogen (secondary N) is 1. The van der Waals surface area contributed by atoms with E-state index in [9.17, 15) is 9.90 Å². The Morgan fingerprint density at radius 2 is 2.41 bits per heavy atom. The monoisotopic (exact) mass is 237 g/mol.